The van der Waals surface area contributed by atoms with Crippen LogP contribution in [0.1, 0.15) is 95.2 Å². The van der Waals surface area contributed by atoms with Crippen molar-refractivity contribution >= 4 is 11.9 Å². The average Bonchev–Trinajstić information content (AvgIpc) is 3.24. The van der Waals surface area contributed by atoms with Crippen molar-refractivity contribution < 1.29 is 38.7 Å². The molecule has 304 valence electrons. The van der Waals surface area contributed by atoms with Crippen molar-refractivity contribution in [2.75, 3.05) is 26.8 Å². The van der Waals surface area contributed by atoms with Gasteiger partial charge in [-0.15, -0.1) is 0 Å². The first-order valence-electron chi connectivity index (χ1n) is 20.4. The summed E-state index contributed by atoms with van der Waals surface area (Å²) >= 11 is 0. The van der Waals surface area contributed by atoms with Crippen molar-refractivity contribution in [2.24, 2.45) is 0 Å². The van der Waals surface area contributed by atoms with Gasteiger partial charge >= 0.3 is 11.9 Å². The zero-order valence-corrected chi connectivity index (χ0v) is 34.1. The molecule has 0 spiro atoms. The van der Waals surface area contributed by atoms with E-state index in [1.54, 1.807) is 0 Å². The predicted molar refractivity (Wildman–Crippen MR) is 228 cm³/mol. The van der Waals surface area contributed by atoms with Crippen LogP contribution in [0.2, 0.25) is 0 Å². The molecule has 2 N–H and O–H groups in total. The molecule has 4 aromatic rings. The van der Waals surface area contributed by atoms with E-state index in [1.165, 1.54) is 45.4 Å². The number of unbranched alkanes of at least 4 members (excludes halogenated alkanes) is 6. The minimum Gasteiger partial charge on any atom is -0.457 e. The SMILES string of the molecule is C=C(CO)C(=O)OCOc1ccc(-c2ccc(-c3ccc(-c4ccc(OCOC(=O)C(=C)CO)cc4)c(CCCCC)c3CCCCC)cc2CCCCC)cc1. The topological polar surface area (TPSA) is 112 Å². The number of ether oxygens (including phenoxy) is 4. The summed E-state index contributed by atoms with van der Waals surface area (Å²) < 4.78 is 21.4. The molecule has 0 atom stereocenters. The number of rotatable bonds is 25. The highest BCUT2D eigenvalue weighted by atomic mass is 16.7. The molecule has 0 heterocycles. The molecule has 0 aliphatic heterocycles. The summed E-state index contributed by atoms with van der Waals surface area (Å²) in [6.45, 7) is 12.2. The number of carbonyl (C=O) groups excluding carboxylic acids is 2. The highest BCUT2D eigenvalue weighted by molar-refractivity contribution is 5.88. The van der Waals surface area contributed by atoms with Crippen molar-refractivity contribution in [3.8, 4) is 44.9 Å². The Hall–Kier alpha value is -5.18. The van der Waals surface area contributed by atoms with Crippen molar-refractivity contribution in [1.29, 1.82) is 0 Å². The molecule has 0 unspecified atom stereocenters. The first-order chi connectivity index (χ1) is 27.7. The minimum absolute atomic E-state index is 0.0185. The Labute approximate surface area is 339 Å². The molecule has 0 aliphatic rings. The molecule has 0 bridgehead atoms. The first-order valence-corrected chi connectivity index (χ1v) is 20.4. The van der Waals surface area contributed by atoms with Crippen LogP contribution in [0.15, 0.2) is 103 Å². The summed E-state index contributed by atoms with van der Waals surface area (Å²) in [6.07, 6.45) is 13.2. The number of esters is 2. The van der Waals surface area contributed by atoms with Gasteiger partial charge in [-0.1, -0.05) is 127 Å². The Bertz CT molecular complexity index is 1910. The van der Waals surface area contributed by atoms with E-state index >= 15 is 0 Å². The normalized spacial score (nSPS) is 10.9. The van der Waals surface area contributed by atoms with Crippen LogP contribution in [0.5, 0.6) is 11.5 Å². The lowest BCUT2D eigenvalue weighted by atomic mass is 9.83. The number of aliphatic hydroxyl groups excluding tert-OH is 2. The first kappa shape index (κ1) is 44.5. The fraction of sp³-hybridized carbons (Fsp3) is 0.388. The van der Waals surface area contributed by atoms with Crippen LogP contribution in [-0.2, 0) is 38.3 Å². The van der Waals surface area contributed by atoms with Crippen molar-refractivity contribution in [1.82, 2.24) is 0 Å². The highest BCUT2D eigenvalue weighted by Gasteiger charge is 2.18. The molecule has 0 aliphatic carbocycles. The van der Waals surface area contributed by atoms with Crippen molar-refractivity contribution in [3.05, 3.63) is 120 Å². The van der Waals surface area contributed by atoms with Crippen LogP contribution in [0.3, 0.4) is 0 Å². The maximum atomic E-state index is 11.9. The molecule has 0 radical (unpaired) electrons. The number of benzene rings is 4. The molecule has 8 heteroatoms. The molecule has 0 amide bonds. The fourth-order valence-electron chi connectivity index (χ4n) is 6.82. The van der Waals surface area contributed by atoms with Gasteiger partial charge in [-0.25, -0.2) is 9.59 Å². The molecule has 8 nitrogen and oxygen atoms in total. The second kappa shape index (κ2) is 23.8. The highest BCUT2D eigenvalue weighted by Crippen LogP contribution is 2.39. The summed E-state index contributed by atoms with van der Waals surface area (Å²) in [5, 5.41) is 18.2. The zero-order chi connectivity index (χ0) is 41.0. The quantitative estimate of drug-likeness (QED) is 0.0296. The zero-order valence-electron chi connectivity index (χ0n) is 34.1. The molecule has 57 heavy (non-hydrogen) atoms. The summed E-state index contributed by atoms with van der Waals surface area (Å²) in [5.74, 6) is -0.216. The summed E-state index contributed by atoms with van der Waals surface area (Å²) in [5.41, 5.74) is 11.2. The summed E-state index contributed by atoms with van der Waals surface area (Å²) in [7, 11) is 0. The van der Waals surface area contributed by atoms with Crippen LogP contribution < -0.4 is 9.47 Å². The maximum absolute atomic E-state index is 11.9. The Morgan fingerprint density at radius 1 is 0.509 bits per heavy atom. The average molecular weight is 777 g/mol. The van der Waals surface area contributed by atoms with E-state index in [-0.39, 0.29) is 24.7 Å². The molecule has 0 aromatic heterocycles. The van der Waals surface area contributed by atoms with E-state index in [4.69, 9.17) is 29.2 Å². The van der Waals surface area contributed by atoms with Crippen LogP contribution >= 0.6 is 0 Å². The van der Waals surface area contributed by atoms with Gasteiger partial charge in [0.1, 0.15) is 11.5 Å². The molecule has 0 saturated heterocycles. The van der Waals surface area contributed by atoms with Gasteiger partial charge in [0.25, 0.3) is 0 Å². The van der Waals surface area contributed by atoms with E-state index in [0.29, 0.717) is 11.5 Å². The third kappa shape index (κ3) is 13.2. The van der Waals surface area contributed by atoms with E-state index in [2.05, 4.69) is 76.4 Å². The van der Waals surface area contributed by atoms with Crippen molar-refractivity contribution in [2.45, 2.75) is 97.8 Å². The van der Waals surface area contributed by atoms with E-state index in [1.807, 2.05) is 36.4 Å². The van der Waals surface area contributed by atoms with E-state index < -0.39 is 25.2 Å². The van der Waals surface area contributed by atoms with Gasteiger partial charge in [0, 0.05) is 0 Å². The summed E-state index contributed by atoms with van der Waals surface area (Å²) in [6, 6.07) is 27.3. The molecular formula is C49H60O8. The van der Waals surface area contributed by atoms with Crippen LogP contribution in [-0.4, -0.2) is 49.0 Å². The lowest BCUT2D eigenvalue weighted by Gasteiger charge is -2.21. The van der Waals surface area contributed by atoms with Gasteiger partial charge in [-0.2, -0.15) is 0 Å². The number of carbonyl (C=O) groups is 2. The van der Waals surface area contributed by atoms with Gasteiger partial charge in [-0.05, 0) is 113 Å². The van der Waals surface area contributed by atoms with Crippen LogP contribution in [0.4, 0.5) is 0 Å². The second-order valence-corrected chi connectivity index (χ2v) is 14.3. The lowest BCUT2D eigenvalue weighted by molar-refractivity contribution is -0.146. The molecule has 0 fully saturated rings. The lowest BCUT2D eigenvalue weighted by Crippen LogP contribution is -2.13. The Morgan fingerprint density at radius 3 is 1.33 bits per heavy atom. The number of hydrogen-bond donors (Lipinski definition) is 2. The minimum atomic E-state index is -0.687. The third-order valence-electron chi connectivity index (χ3n) is 10.1. The Balaban J connectivity index is 1.69. The van der Waals surface area contributed by atoms with E-state index in [9.17, 15) is 9.59 Å². The van der Waals surface area contributed by atoms with Gasteiger partial charge in [0.2, 0.25) is 13.6 Å². The van der Waals surface area contributed by atoms with Crippen LogP contribution in [0, 0.1) is 0 Å². The number of aliphatic hydroxyl groups is 2. The number of hydrogen-bond acceptors (Lipinski definition) is 8. The largest absolute Gasteiger partial charge is 0.457 e. The predicted octanol–water partition coefficient (Wildman–Crippen LogP) is 10.7. The maximum Gasteiger partial charge on any atom is 0.338 e. The van der Waals surface area contributed by atoms with Crippen molar-refractivity contribution in [3.63, 3.8) is 0 Å². The second-order valence-electron chi connectivity index (χ2n) is 14.3. The van der Waals surface area contributed by atoms with E-state index in [0.717, 1.165) is 81.8 Å². The van der Waals surface area contributed by atoms with Gasteiger partial charge < -0.3 is 29.2 Å². The van der Waals surface area contributed by atoms with Crippen LogP contribution in [0.25, 0.3) is 33.4 Å². The van der Waals surface area contributed by atoms with Gasteiger partial charge in [0.05, 0.1) is 24.4 Å². The monoisotopic (exact) mass is 776 g/mol. The summed E-state index contributed by atoms with van der Waals surface area (Å²) in [4.78, 5) is 23.7. The standard InChI is InChI=1S/C49H60O8/c1-6-9-12-15-39-30-40(22-27-43(39)37-18-23-41(24-19-37)54-33-56-48(52)35(4)31-50)45-29-28-44(46(16-13-10-7-2)47(45)17-14-11-8-3)38-20-25-42(26-21-38)55-34-57-49(53)36(5)32-51/h18-30,50-51H,4-17,31-34H2,1-3H3. The fourth-order valence-corrected chi connectivity index (χ4v) is 6.82. The molecule has 4 aromatic carbocycles. The Kier molecular flexibility index (Phi) is 18.6. The Morgan fingerprint density at radius 2 is 0.895 bits per heavy atom. The van der Waals surface area contributed by atoms with Gasteiger partial charge in [-0.3, -0.25) is 0 Å². The van der Waals surface area contributed by atoms with Gasteiger partial charge in [0.15, 0.2) is 0 Å². The smallest absolute Gasteiger partial charge is 0.338 e. The molecule has 0 saturated carbocycles. The third-order valence-corrected chi connectivity index (χ3v) is 10.1. The number of aryl methyl sites for hydroxylation is 1. The molecular weight excluding hydrogens is 717 g/mol. The molecule has 4 rings (SSSR count).